The van der Waals surface area contributed by atoms with Gasteiger partial charge in [-0.2, -0.15) is 0 Å². The maximum absolute atomic E-state index is 13.0. The highest BCUT2D eigenvalue weighted by molar-refractivity contribution is 5.78. The molecule has 0 bridgehead atoms. The summed E-state index contributed by atoms with van der Waals surface area (Å²) in [6, 6.07) is 8.17. The van der Waals surface area contributed by atoms with Crippen molar-refractivity contribution < 1.29 is 14.7 Å². The highest BCUT2D eigenvalue weighted by Crippen LogP contribution is 2.34. The predicted molar refractivity (Wildman–Crippen MR) is 101 cm³/mol. The number of hydrogen-bond acceptors (Lipinski definition) is 3. The van der Waals surface area contributed by atoms with Crippen molar-refractivity contribution in [1.29, 1.82) is 0 Å². The number of amides is 1. The minimum Gasteiger partial charge on any atom is -0.481 e. The molecular weight excluding hydrogens is 328 g/mol. The number of hydrogen-bond donors (Lipinski definition) is 1. The van der Waals surface area contributed by atoms with Gasteiger partial charge in [-0.3, -0.25) is 9.59 Å². The van der Waals surface area contributed by atoms with Crippen LogP contribution in [0.15, 0.2) is 24.3 Å². The molecule has 1 amide bonds. The summed E-state index contributed by atoms with van der Waals surface area (Å²) in [4.78, 5) is 28.7. The van der Waals surface area contributed by atoms with E-state index in [-0.39, 0.29) is 18.4 Å². The Labute approximate surface area is 156 Å². The Bertz CT molecular complexity index is 650. The first-order valence-electron chi connectivity index (χ1n) is 9.78. The molecule has 0 saturated carbocycles. The Morgan fingerprint density at radius 2 is 1.81 bits per heavy atom. The number of carbonyl (C=O) groups excluding carboxylic acids is 1. The van der Waals surface area contributed by atoms with E-state index >= 15 is 0 Å². The molecule has 2 aliphatic heterocycles. The van der Waals surface area contributed by atoms with Crippen molar-refractivity contribution in [2.75, 3.05) is 19.6 Å². The van der Waals surface area contributed by atoms with E-state index in [1.165, 1.54) is 5.56 Å². The van der Waals surface area contributed by atoms with Crippen LogP contribution in [-0.4, -0.2) is 52.5 Å². The summed E-state index contributed by atoms with van der Waals surface area (Å²) in [5, 5.41) is 9.35. The lowest BCUT2D eigenvalue weighted by atomic mass is 9.88. The summed E-state index contributed by atoms with van der Waals surface area (Å²) < 4.78 is 0. The standard InChI is InChI=1S/C21H30N2O3/c1-15(2)22-10-7-16(8-11-22)13-20(24)23-12-9-17-5-3-4-6-18(17)19(23)14-21(25)26/h3-6,15-16,19H,7-14H2,1-2H3,(H,25,26)/t19-/m0/s1. The third-order valence-corrected chi connectivity index (χ3v) is 5.94. The first-order chi connectivity index (χ1) is 12.5. The van der Waals surface area contributed by atoms with E-state index in [2.05, 4.69) is 18.7 Å². The number of likely N-dealkylation sites (tertiary alicyclic amines) is 1. The zero-order valence-corrected chi connectivity index (χ0v) is 15.9. The van der Waals surface area contributed by atoms with Gasteiger partial charge in [-0.25, -0.2) is 0 Å². The van der Waals surface area contributed by atoms with Crippen LogP contribution in [0, 0.1) is 5.92 Å². The molecule has 1 aromatic carbocycles. The number of benzene rings is 1. The van der Waals surface area contributed by atoms with Gasteiger partial charge in [0.2, 0.25) is 5.91 Å². The molecule has 1 N–H and O–H groups in total. The van der Waals surface area contributed by atoms with E-state index in [4.69, 9.17) is 0 Å². The molecule has 5 heteroatoms. The first-order valence-corrected chi connectivity index (χ1v) is 9.78. The summed E-state index contributed by atoms with van der Waals surface area (Å²) in [5.41, 5.74) is 2.18. The van der Waals surface area contributed by atoms with Crippen molar-refractivity contribution in [3.63, 3.8) is 0 Å². The maximum atomic E-state index is 13.0. The fourth-order valence-corrected chi connectivity index (χ4v) is 4.37. The minimum absolute atomic E-state index is 0.0193. The van der Waals surface area contributed by atoms with Crippen LogP contribution in [0.3, 0.4) is 0 Å². The average molecular weight is 358 g/mol. The van der Waals surface area contributed by atoms with Gasteiger partial charge in [0, 0.05) is 19.0 Å². The molecule has 26 heavy (non-hydrogen) atoms. The van der Waals surface area contributed by atoms with E-state index in [1.54, 1.807) is 0 Å². The van der Waals surface area contributed by atoms with Gasteiger partial charge in [0.1, 0.15) is 0 Å². The SMILES string of the molecule is CC(C)N1CCC(CC(=O)N2CCc3ccccc3[C@@H]2CC(=O)O)CC1. The van der Waals surface area contributed by atoms with Crippen LogP contribution < -0.4 is 0 Å². The van der Waals surface area contributed by atoms with Crippen LogP contribution in [0.1, 0.15) is 56.7 Å². The summed E-state index contributed by atoms with van der Waals surface area (Å²) in [7, 11) is 0. The van der Waals surface area contributed by atoms with E-state index in [0.717, 1.165) is 37.9 Å². The fourth-order valence-electron chi connectivity index (χ4n) is 4.37. The van der Waals surface area contributed by atoms with Gasteiger partial charge in [-0.15, -0.1) is 0 Å². The fraction of sp³-hybridized carbons (Fsp3) is 0.619. The lowest BCUT2D eigenvalue weighted by molar-refractivity contribution is -0.142. The summed E-state index contributed by atoms with van der Waals surface area (Å²) in [5.74, 6) is -0.316. The minimum atomic E-state index is -0.852. The molecule has 2 heterocycles. The Balaban J connectivity index is 1.67. The molecule has 1 saturated heterocycles. The highest BCUT2D eigenvalue weighted by atomic mass is 16.4. The van der Waals surface area contributed by atoms with Gasteiger partial charge in [0.25, 0.3) is 0 Å². The third kappa shape index (κ3) is 4.26. The molecule has 0 aliphatic carbocycles. The second-order valence-corrected chi connectivity index (χ2v) is 7.93. The molecule has 0 unspecified atom stereocenters. The van der Waals surface area contributed by atoms with Crippen LogP contribution in [0.25, 0.3) is 0 Å². The van der Waals surface area contributed by atoms with Crippen molar-refractivity contribution >= 4 is 11.9 Å². The topological polar surface area (TPSA) is 60.9 Å². The van der Waals surface area contributed by atoms with Crippen molar-refractivity contribution in [3.8, 4) is 0 Å². The lowest BCUT2D eigenvalue weighted by Crippen LogP contribution is -2.43. The molecule has 0 radical (unpaired) electrons. The lowest BCUT2D eigenvalue weighted by Gasteiger charge is -2.39. The summed E-state index contributed by atoms with van der Waals surface area (Å²) in [6.45, 7) is 7.16. The van der Waals surface area contributed by atoms with E-state index in [9.17, 15) is 14.7 Å². The Morgan fingerprint density at radius 3 is 2.46 bits per heavy atom. The molecule has 1 aromatic rings. The van der Waals surface area contributed by atoms with E-state index in [1.807, 2.05) is 29.2 Å². The van der Waals surface area contributed by atoms with Crippen molar-refractivity contribution in [2.45, 2.75) is 58.0 Å². The summed E-state index contributed by atoms with van der Waals surface area (Å²) >= 11 is 0. The van der Waals surface area contributed by atoms with Gasteiger partial charge in [-0.05, 0) is 63.2 Å². The number of rotatable bonds is 5. The molecule has 0 aromatic heterocycles. The zero-order chi connectivity index (χ0) is 18.7. The van der Waals surface area contributed by atoms with Gasteiger partial charge < -0.3 is 14.9 Å². The monoisotopic (exact) mass is 358 g/mol. The van der Waals surface area contributed by atoms with Gasteiger partial charge in [0.05, 0.1) is 12.5 Å². The number of carbonyl (C=O) groups is 2. The molecule has 0 spiro atoms. The Kier molecular flexibility index (Phi) is 5.97. The summed E-state index contributed by atoms with van der Waals surface area (Å²) in [6.07, 6.45) is 3.44. The number of fused-ring (bicyclic) bond motifs is 1. The van der Waals surface area contributed by atoms with Crippen LogP contribution >= 0.6 is 0 Å². The quantitative estimate of drug-likeness (QED) is 0.879. The van der Waals surface area contributed by atoms with Crippen molar-refractivity contribution in [1.82, 2.24) is 9.80 Å². The second-order valence-electron chi connectivity index (χ2n) is 7.93. The van der Waals surface area contributed by atoms with E-state index < -0.39 is 5.97 Å². The normalized spacial score (nSPS) is 21.7. The predicted octanol–water partition coefficient (Wildman–Crippen LogP) is 3.10. The number of carboxylic acids is 1. The molecule has 3 rings (SSSR count). The average Bonchev–Trinajstić information content (AvgIpc) is 2.62. The highest BCUT2D eigenvalue weighted by Gasteiger charge is 2.33. The van der Waals surface area contributed by atoms with Crippen LogP contribution in [0.4, 0.5) is 0 Å². The molecule has 1 atom stereocenters. The Hall–Kier alpha value is -1.88. The molecule has 2 aliphatic rings. The van der Waals surface area contributed by atoms with Crippen LogP contribution in [-0.2, 0) is 16.0 Å². The zero-order valence-electron chi connectivity index (χ0n) is 15.9. The Morgan fingerprint density at radius 1 is 1.12 bits per heavy atom. The van der Waals surface area contributed by atoms with Crippen molar-refractivity contribution in [3.05, 3.63) is 35.4 Å². The van der Waals surface area contributed by atoms with Gasteiger partial charge in [-0.1, -0.05) is 24.3 Å². The number of aliphatic carboxylic acids is 1. The van der Waals surface area contributed by atoms with Gasteiger partial charge in [0.15, 0.2) is 0 Å². The molecule has 1 fully saturated rings. The van der Waals surface area contributed by atoms with Crippen LogP contribution in [0.5, 0.6) is 0 Å². The molecule has 5 nitrogen and oxygen atoms in total. The maximum Gasteiger partial charge on any atom is 0.305 e. The molecular formula is C21H30N2O3. The smallest absolute Gasteiger partial charge is 0.305 e. The first kappa shape index (κ1) is 18.9. The van der Waals surface area contributed by atoms with Crippen LogP contribution in [0.2, 0.25) is 0 Å². The second kappa shape index (κ2) is 8.21. The van der Waals surface area contributed by atoms with Crippen molar-refractivity contribution in [2.24, 2.45) is 5.92 Å². The molecule has 142 valence electrons. The number of piperidine rings is 1. The van der Waals surface area contributed by atoms with Gasteiger partial charge >= 0.3 is 5.97 Å². The third-order valence-electron chi connectivity index (χ3n) is 5.94. The largest absolute Gasteiger partial charge is 0.481 e. The number of carboxylic acid groups (broad SMARTS) is 1. The van der Waals surface area contributed by atoms with E-state index in [0.29, 0.717) is 24.9 Å². The number of nitrogens with zero attached hydrogens (tertiary/aromatic N) is 2.